The lowest BCUT2D eigenvalue weighted by molar-refractivity contribution is -0.0214. The molecule has 0 unspecified atom stereocenters. The SMILES string of the molecule is Nc1cccc2c1NCN2[C@H]1O[C@@H](COP(=O)(O)O)[C@H](O)[C@@H]1O. The zero-order valence-electron chi connectivity index (χ0n) is 11.9. The standard InChI is InChI=1S/C12H18N3O7P/c13-6-2-1-3-7-9(6)14-5-15(7)12-11(17)10(16)8(22-12)4-21-23(18,19)20/h1-3,8,10-12,14,16-17H,4-5,13H2,(H2,18,19,20)/t8-,10-,11-,12-/m0/s1. The van der Waals surface area contributed by atoms with Gasteiger partial charge in [0.1, 0.15) is 18.3 Å². The summed E-state index contributed by atoms with van der Waals surface area (Å²) in [6, 6.07) is 5.26. The number of aliphatic hydroxyl groups excluding tert-OH is 2. The molecule has 1 saturated heterocycles. The molecule has 2 heterocycles. The van der Waals surface area contributed by atoms with Crippen LogP contribution in [0.2, 0.25) is 0 Å². The molecule has 1 aromatic rings. The van der Waals surface area contributed by atoms with Gasteiger partial charge in [0, 0.05) is 0 Å². The molecule has 4 atom stereocenters. The van der Waals surface area contributed by atoms with Crippen LogP contribution in [0.4, 0.5) is 17.1 Å². The number of phosphoric ester groups is 1. The fourth-order valence-corrected chi connectivity index (χ4v) is 3.10. The van der Waals surface area contributed by atoms with E-state index in [-0.39, 0.29) is 0 Å². The first-order chi connectivity index (χ1) is 10.8. The molecule has 128 valence electrons. The minimum absolute atomic E-state index is 0.310. The van der Waals surface area contributed by atoms with Crippen LogP contribution in [-0.4, -0.2) is 57.8 Å². The van der Waals surface area contributed by atoms with Crippen LogP contribution in [0.15, 0.2) is 18.2 Å². The van der Waals surface area contributed by atoms with Gasteiger partial charge in [-0.1, -0.05) is 6.07 Å². The van der Waals surface area contributed by atoms with Crippen LogP contribution in [0.3, 0.4) is 0 Å². The summed E-state index contributed by atoms with van der Waals surface area (Å²) in [5, 5.41) is 23.3. The van der Waals surface area contributed by atoms with E-state index in [1.807, 2.05) is 0 Å². The highest BCUT2D eigenvalue weighted by Gasteiger charge is 2.47. The van der Waals surface area contributed by atoms with Crippen molar-refractivity contribution in [2.75, 3.05) is 29.2 Å². The van der Waals surface area contributed by atoms with Crippen LogP contribution in [0.5, 0.6) is 0 Å². The predicted molar refractivity (Wildman–Crippen MR) is 80.5 cm³/mol. The average Bonchev–Trinajstić information content (AvgIpc) is 3.01. The minimum atomic E-state index is -4.68. The number of anilines is 3. The highest BCUT2D eigenvalue weighted by atomic mass is 31.2. The summed E-state index contributed by atoms with van der Waals surface area (Å²) in [4.78, 5) is 19.1. The normalized spacial score (nSPS) is 30.3. The maximum absolute atomic E-state index is 10.8. The van der Waals surface area contributed by atoms with E-state index in [0.717, 1.165) is 0 Å². The number of hydrogen-bond acceptors (Lipinski definition) is 8. The van der Waals surface area contributed by atoms with E-state index >= 15 is 0 Å². The predicted octanol–water partition coefficient (Wildman–Crippen LogP) is -0.986. The zero-order valence-corrected chi connectivity index (χ0v) is 12.8. The van der Waals surface area contributed by atoms with Crippen molar-refractivity contribution in [1.29, 1.82) is 0 Å². The Labute approximate surface area is 131 Å². The smallest absolute Gasteiger partial charge is 0.397 e. The summed E-state index contributed by atoms with van der Waals surface area (Å²) in [7, 11) is -4.68. The third kappa shape index (κ3) is 3.15. The van der Waals surface area contributed by atoms with Gasteiger partial charge in [0.05, 0.1) is 30.3 Å². The number of ether oxygens (including phenoxy) is 1. The van der Waals surface area contributed by atoms with Crippen LogP contribution in [0.25, 0.3) is 0 Å². The lowest BCUT2D eigenvalue weighted by Crippen LogP contribution is -2.44. The Bertz CT molecular complexity index is 639. The second-order valence-electron chi connectivity index (χ2n) is 5.38. The highest BCUT2D eigenvalue weighted by Crippen LogP contribution is 2.41. The van der Waals surface area contributed by atoms with Gasteiger partial charge in [0.15, 0.2) is 6.23 Å². The molecule has 0 bridgehead atoms. The van der Waals surface area contributed by atoms with Gasteiger partial charge in [-0.25, -0.2) is 4.57 Å². The number of rotatable bonds is 4. The summed E-state index contributed by atoms with van der Waals surface area (Å²) < 4.78 is 20.6. The first kappa shape index (κ1) is 16.5. The Hall–Kier alpha value is -1.39. The molecule has 10 nitrogen and oxygen atoms in total. The number of phosphoric acid groups is 1. The number of hydrogen-bond donors (Lipinski definition) is 6. The lowest BCUT2D eigenvalue weighted by Gasteiger charge is -2.27. The summed E-state index contributed by atoms with van der Waals surface area (Å²) in [5.74, 6) is 0. The minimum Gasteiger partial charge on any atom is -0.397 e. The molecule has 23 heavy (non-hydrogen) atoms. The Balaban J connectivity index is 1.75. The fourth-order valence-electron chi connectivity index (χ4n) is 2.76. The molecule has 11 heteroatoms. The van der Waals surface area contributed by atoms with Crippen molar-refractivity contribution in [1.82, 2.24) is 0 Å². The molecule has 0 aliphatic carbocycles. The third-order valence-electron chi connectivity index (χ3n) is 3.86. The molecule has 2 aliphatic rings. The number of benzene rings is 1. The quantitative estimate of drug-likeness (QED) is 0.295. The van der Waals surface area contributed by atoms with Gasteiger partial charge >= 0.3 is 7.82 Å². The Morgan fingerprint density at radius 2 is 2.13 bits per heavy atom. The first-order valence-corrected chi connectivity index (χ1v) is 8.41. The van der Waals surface area contributed by atoms with E-state index in [1.54, 1.807) is 23.1 Å². The van der Waals surface area contributed by atoms with Crippen molar-refractivity contribution < 1.29 is 33.8 Å². The third-order valence-corrected chi connectivity index (χ3v) is 4.35. The van der Waals surface area contributed by atoms with Crippen LogP contribution in [0.1, 0.15) is 0 Å². The van der Waals surface area contributed by atoms with Crippen molar-refractivity contribution in [3.8, 4) is 0 Å². The highest BCUT2D eigenvalue weighted by molar-refractivity contribution is 7.46. The van der Waals surface area contributed by atoms with E-state index in [9.17, 15) is 14.8 Å². The second-order valence-corrected chi connectivity index (χ2v) is 6.62. The molecular formula is C12H18N3O7P. The van der Waals surface area contributed by atoms with Crippen molar-refractivity contribution in [2.24, 2.45) is 0 Å². The molecule has 2 aliphatic heterocycles. The van der Waals surface area contributed by atoms with Crippen LogP contribution >= 0.6 is 7.82 Å². The average molecular weight is 347 g/mol. The number of para-hydroxylation sites is 1. The first-order valence-electron chi connectivity index (χ1n) is 6.88. The van der Waals surface area contributed by atoms with Gasteiger partial charge in [-0.15, -0.1) is 0 Å². The number of fused-ring (bicyclic) bond motifs is 1. The molecule has 0 amide bonds. The zero-order chi connectivity index (χ0) is 16.8. The van der Waals surface area contributed by atoms with Gasteiger partial charge < -0.3 is 40.7 Å². The number of nitrogens with one attached hydrogen (secondary N) is 1. The molecule has 7 N–H and O–H groups in total. The largest absolute Gasteiger partial charge is 0.469 e. The maximum atomic E-state index is 10.8. The van der Waals surface area contributed by atoms with Crippen LogP contribution in [0, 0.1) is 0 Å². The number of aliphatic hydroxyl groups is 2. The topological polar surface area (TPSA) is 158 Å². The monoisotopic (exact) mass is 347 g/mol. The summed E-state index contributed by atoms with van der Waals surface area (Å²) >= 11 is 0. The number of nitrogens with two attached hydrogens (primary N) is 1. The van der Waals surface area contributed by atoms with Gasteiger partial charge in [-0.2, -0.15) is 0 Å². The Morgan fingerprint density at radius 3 is 2.83 bits per heavy atom. The van der Waals surface area contributed by atoms with Crippen molar-refractivity contribution in [2.45, 2.75) is 24.5 Å². The molecular weight excluding hydrogens is 329 g/mol. The lowest BCUT2D eigenvalue weighted by atomic mass is 10.1. The molecule has 3 rings (SSSR count). The van der Waals surface area contributed by atoms with E-state index in [0.29, 0.717) is 23.7 Å². The second kappa shape index (κ2) is 5.91. The molecule has 0 spiro atoms. The molecule has 0 saturated carbocycles. The van der Waals surface area contributed by atoms with Gasteiger partial charge in [0.2, 0.25) is 0 Å². The van der Waals surface area contributed by atoms with Gasteiger partial charge in [-0.3, -0.25) is 4.52 Å². The van der Waals surface area contributed by atoms with Crippen LogP contribution < -0.4 is 16.0 Å². The van der Waals surface area contributed by atoms with Crippen molar-refractivity contribution in [3.05, 3.63) is 18.2 Å². The van der Waals surface area contributed by atoms with Crippen molar-refractivity contribution >= 4 is 24.9 Å². The van der Waals surface area contributed by atoms with Crippen molar-refractivity contribution in [3.63, 3.8) is 0 Å². The maximum Gasteiger partial charge on any atom is 0.469 e. The Morgan fingerprint density at radius 1 is 1.39 bits per heavy atom. The molecule has 1 fully saturated rings. The van der Waals surface area contributed by atoms with E-state index in [2.05, 4.69) is 9.84 Å². The Kier molecular flexibility index (Phi) is 4.23. The summed E-state index contributed by atoms with van der Waals surface area (Å²) in [5.41, 5.74) is 7.82. The van der Waals surface area contributed by atoms with Crippen LogP contribution in [-0.2, 0) is 13.8 Å². The summed E-state index contributed by atoms with van der Waals surface area (Å²) in [6.45, 7) is -0.228. The van der Waals surface area contributed by atoms with Gasteiger partial charge in [-0.05, 0) is 12.1 Å². The molecule has 1 aromatic carbocycles. The fraction of sp³-hybridized carbons (Fsp3) is 0.500. The van der Waals surface area contributed by atoms with E-state index < -0.39 is 39.0 Å². The molecule has 0 aromatic heterocycles. The number of nitrogens with zero attached hydrogens (tertiary/aromatic N) is 1. The number of nitrogen functional groups attached to an aromatic ring is 1. The van der Waals surface area contributed by atoms with E-state index in [1.165, 1.54) is 0 Å². The van der Waals surface area contributed by atoms with Gasteiger partial charge in [0.25, 0.3) is 0 Å². The summed E-state index contributed by atoms with van der Waals surface area (Å²) in [6.07, 6.45) is -4.56. The van der Waals surface area contributed by atoms with E-state index in [4.69, 9.17) is 20.3 Å². The molecule has 0 radical (unpaired) electrons.